The first-order valence-corrected chi connectivity index (χ1v) is 7.03. The highest BCUT2D eigenvalue weighted by Crippen LogP contribution is 2.19. The molecule has 3 heterocycles. The minimum absolute atomic E-state index is 0.0175. The van der Waals surface area contributed by atoms with Gasteiger partial charge < -0.3 is 10.4 Å². The summed E-state index contributed by atoms with van der Waals surface area (Å²) in [5.41, 5.74) is 2.55. The molecule has 0 radical (unpaired) electrons. The number of aromatic nitrogens is 5. The van der Waals surface area contributed by atoms with Gasteiger partial charge in [0, 0.05) is 24.5 Å². The largest absolute Gasteiger partial charge is 0.394 e. The van der Waals surface area contributed by atoms with Crippen molar-refractivity contribution in [1.82, 2.24) is 24.7 Å². The van der Waals surface area contributed by atoms with E-state index in [0.717, 1.165) is 15.9 Å². The highest BCUT2D eigenvalue weighted by molar-refractivity contribution is 7.09. The summed E-state index contributed by atoms with van der Waals surface area (Å²) in [5, 5.41) is 17.8. The van der Waals surface area contributed by atoms with E-state index in [9.17, 15) is 5.11 Å². The van der Waals surface area contributed by atoms with Gasteiger partial charge in [-0.15, -0.1) is 11.3 Å². The average molecular weight is 290 g/mol. The first-order valence-electron chi connectivity index (χ1n) is 6.15. The van der Waals surface area contributed by atoms with Crippen molar-refractivity contribution in [2.75, 3.05) is 11.9 Å². The third-order valence-corrected chi connectivity index (χ3v) is 3.82. The van der Waals surface area contributed by atoms with Crippen LogP contribution < -0.4 is 5.32 Å². The zero-order valence-electron chi connectivity index (χ0n) is 10.9. The fourth-order valence-electron chi connectivity index (χ4n) is 2.02. The minimum Gasteiger partial charge on any atom is -0.394 e. The van der Waals surface area contributed by atoms with Crippen molar-refractivity contribution in [1.29, 1.82) is 0 Å². The van der Waals surface area contributed by atoms with Gasteiger partial charge in [-0.05, 0) is 0 Å². The molecule has 0 aliphatic heterocycles. The fraction of sp³-hybridized carbons (Fsp3) is 0.333. The smallest absolute Gasteiger partial charge is 0.163 e. The Balaban J connectivity index is 1.84. The van der Waals surface area contributed by atoms with Crippen LogP contribution in [0.25, 0.3) is 11.0 Å². The maximum atomic E-state index is 9.52. The van der Waals surface area contributed by atoms with Gasteiger partial charge >= 0.3 is 0 Å². The van der Waals surface area contributed by atoms with Gasteiger partial charge in [0.15, 0.2) is 5.65 Å². The Kier molecular flexibility index (Phi) is 3.57. The number of hydrogen-bond acceptors (Lipinski definition) is 7. The number of hydrogen-bond donors (Lipinski definition) is 2. The van der Waals surface area contributed by atoms with E-state index in [1.807, 2.05) is 13.2 Å². The molecule has 0 aliphatic carbocycles. The molecule has 104 valence electrons. The number of aryl methyl sites for hydroxylation is 1. The van der Waals surface area contributed by atoms with Crippen molar-refractivity contribution in [3.8, 4) is 0 Å². The van der Waals surface area contributed by atoms with E-state index in [2.05, 4.69) is 25.4 Å². The molecular weight excluding hydrogens is 276 g/mol. The van der Waals surface area contributed by atoms with E-state index >= 15 is 0 Å². The quantitative estimate of drug-likeness (QED) is 0.723. The molecule has 3 aromatic heterocycles. The Morgan fingerprint density at radius 3 is 3.05 bits per heavy atom. The van der Waals surface area contributed by atoms with Gasteiger partial charge in [-0.25, -0.2) is 9.97 Å². The molecule has 0 saturated carbocycles. The highest BCUT2D eigenvalue weighted by Gasteiger charge is 2.14. The number of thiazole rings is 1. The van der Waals surface area contributed by atoms with Crippen LogP contribution in [0.1, 0.15) is 4.88 Å². The molecule has 3 rings (SSSR count). The first kappa shape index (κ1) is 12.9. The number of nitrogens with zero attached hydrogens (tertiary/aromatic N) is 5. The van der Waals surface area contributed by atoms with Crippen LogP contribution in [0.4, 0.5) is 5.82 Å². The average Bonchev–Trinajstić information content (AvgIpc) is 3.09. The molecule has 7 nitrogen and oxygen atoms in total. The second-order valence-corrected chi connectivity index (χ2v) is 5.39. The molecule has 20 heavy (non-hydrogen) atoms. The predicted molar refractivity (Wildman–Crippen MR) is 76.6 cm³/mol. The molecule has 0 spiro atoms. The second-order valence-electron chi connectivity index (χ2n) is 4.42. The molecule has 1 atom stereocenters. The van der Waals surface area contributed by atoms with Crippen molar-refractivity contribution in [3.05, 3.63) is 29.1 Å². The molecule has 0 saturated heterocycles. The van der Waals surface area contributed by atoms with Crippen LogP contribution in [0.15, 0.2) is 24.2 Å². The summed E-state index contributed by atoms with van der Waals surface area (Å²) < 4.78 is 1.69. The van der Waals surface area contributed by atoms with Gasteiger partial charge in [0.1, 0.15) is 12.1 Å². The lowest BCUT2D eigenvalue weighted by Crippen LogP contribution is -2.26. The zero-order chi connectivity index (χ0) is 13.9. The van der Waals surface area contributed by atoms with E-state index in [-0.39, 0.29) is 12.6 Å². The minimum atomic E-state index is -0.117. The lowest BCUT2D eigenvalue weighted by molar-refractivity contribution is 0.274. The Labute approximate surface area is 119 Å². The number of fused-ring (bicyclic) bond motifs is 1. The van der Waals surface area contributed by atoms with Gasteiger partial charge in [0.2, 0.25) is 0 Å². The second kappa shape index (κ2) is 5.51. The molecule has 0 amide bonds. The highest BCUT2D eigenvalue weighted by atomic mass is 32.1. The molecule has 0 fully saturated rings. The lowest BCUT2D eigenvalue weighted by atomic mass is 10.2. The third-order valence-electron chi connectivity index (χ3n) is 3.02. The summed E-state index contributed by atoms with van der Waals surface area (Å²) in [6.07, 6.45) is 5.73. The monoisotopic (exact) mass is 290 g/mol. The van der Waals surface area contributed by atoms with Crippen molar-refractivity contribution in [2.45, 2.75) is 12.5 Å². The van der Waals surface area contributed by atoms with Crippen molar-refractivity contribution < 1.29 is 5.11 Å². The number of rotatable bonds is 5. The number of aliphatic hydroxyl groups excluding tert-OH is 1. The Morgan fingerprint density at radius 1 is 1.40 bits per heavy atom. The van der Waals surface area contributed by atoms with Crippen LogP contribution >= 0.6 is 11.3 Å². The lowest BCUT2D eigenvalue weighted by Gasteiger charge is -2.16. The van der Waals surface area contributed by atoms with Crippen LogP contribution in [0, 0.1) is 0 Å². The summed E-state index contributed by atoms with van der Waals surface area (Å²) in [7, 11) is 1.83. The van der Waals surface area contributed by atoms with Crippen molar-refractivity contribution in [3.63, 3.8) is 0 Å². The van der Waals surface area contributed by atoms with Gasteiger partial charge in [0.05, 0.1) is 29.7 Å². The van der Waals surface area contributed by atoms with Crippen LogP contribution in [0.3, 0.4) is 0 Å². The van der Waals surface area contributed by atoms with E-state index in [1.165, 1.54) is 6.33 Å². The van der Waals surface area contributed by atoms with Crippen molar-refractivity contribution in [2.24, 2.45) is 7.05 Å². The van der Waals surface area contributed by atoms with E-state index in [1.54, 1.807) is 27.7 Å². The van der Waals surface area contributed by atoms with Gasteiger partial charge in [-0.2, -0.15) is 5.10 Å². The van der Waals surface area contributed by atoms with Crippen molar-refractivity contribution >= 4 is 28.2 Å². The Hall–Kier alpha value is -2.06. The Bertz CT molecular complexity index is 695. The van der Waals surface area contributed by atoms with Crippen LogP contribution in [0.5, 0.6) is 0 Å². The topological polar surface area (TPSA) is 88.8 Å². The molecule has 8 heteroatoms. The fourth-order valence-corrected chi connectivity index (χ4v) is 2.69. The van der Waals surface area contributed by atoms with Gasteiger partial charge in [-0.3, -0.25) is 9.67 Å². The summed E-state index contributed by atoms with van der Waals surface area (Å²) in [5.74, 6) is 0.687. The van der Waals surface area contributed by atoms with E-state index in [0.29, 0.717) is 12.2 Å². The normalized spacial score (nSPS) is 12.7. The summed E-state index contributed by atoms with van der Waals surface area (Å²) in [6, 6.07) is -0.117. The molecule has 2 N–H and O–H groups in total. The predicted octanol–water partition coefficient (Wildman–Crippen LogP) is 0.835. The SMILES string of the molecule is Cn1ncc2c(NC(CO)Cc3cncs3)ncnc21. The van der Waals surface area contributed by atoms with Crippen LogP contribution in [-0.4, -0.2) is 42.5 Å². The molecular formula is C12H14N6OS. The molecule has 0 bridgehead atoms. The van der Waals surface area contributed by atoms with E-state index < -0.39 is 0 Å². The van der Waals surface area contributed by atoms with Gasteiger partial charge in [0.25, 0.3) is 0 Å². The Morgan fingerprint density at radius 2 is 2.30 bits per heavy atom. The number of nitrogens with one attached hydrogen (secondary N) is 1. The van der Waals surface area contributed by atoms with E-state index in [4.69, 9.17) is 0 Å². The van der Waals surface area contributed by atoms with Crippen LogP contribution in [-0.2, 0) is 13.5 Å². The first-order chi connectivity index (χ1) is 9.78. The molecule has 3 aromatic rings. The molecule has 1 unspecified atom stereocenters. The third kappa shape index (κ3) is 2.47. The van der Waals surface area contributed by atoms with Gasteiger partial charge in [-0.1, -0.05) is 0 Å². The number of anilines is 1. The summed E-state index contributed by atoms with van der Waals surface area (Å²) >= 11 is 1.57. The molecule has 0 aromatic carbocycles. The zero-order valence-corrected chi connectivity index (χ0v) is 11.7. The standard InChI is InChI=1S/C12H14N6OS/c1-18-12-10(4-16-18)11(14-6-15-12)17-8(5-19)2-9-3-13-7-20-9/h3-4,6-8,19H,2,5H2,1H3,(H,14,15,17). The summed E-state index contributed by atoms with van der Waals surface area (Å²) in [6.45, 7) is 0.0175. The van der Waals surface area contributed by atoms with Crippen LogP contribution in [0.2, 0.25) is 0 Å². The summed E-state index contributed by atoms with van der Waals surface area (Å²) in [4.78, 5) is 13.6. The molecule has 0 aliphatic rings. The number of aliphatic hydroxyl groups is 1. The maximum absolute atomic E-state index is 9.52. The maximum Gasteiger partial charge on any atom is 0.163 e.